The zero-order valence-electron chi connectivity index (χ0n) is 11.6. The lowest BCUT2D eigenvalue weighted by atomic mass is 10.0. The largest absolute Gasteiger partial charge is 0.387 e. The van der Waals surface area contributed by atoms with Gasteiger partial charge in [0.1, 0.15) is 4.88 Å². The molecule has 1 amide bonds. The van der Waals surface area contributed by atoms with E-state index >= 15 is 0 Å². The van der Waals surface area contributed by atoms with Crippen LogP contribution in [0.15, 0.2) is 0 Å². The number of thiazole rings is 1. The summed E-state index contributed by atoms with van der Waals surface area (Å²) in [6, 6.07) is 0. The minimum absolute atomic E-state index is 0.137. The Bertz CT molecular complexity index is 464. The molecule has 1 fully saturated rings. The Balaban J connectivity index is 2.00. The van der Waals surface area contributed by atoms with E-state index in [1.54, 1.807) is 0 Å². The van der Waals surface area contributed by atoms with Crippen molar-refractivity contribution in [1.29, 1.82) is 0 Å². The number of carbonyl (C=O) groups excluding carboxylic acids is 1. The first-order valence-electron chi connectivity index (χ1n) is 6.60. The van der Waals surface area contributed by atoms with Gasteiger partial charge in [0.25, 0.3) is 5.91 Å². The third-order valence-corrected chi connectivity index (χ3v) is 4.77. The number of hydrogen-bond acceptors (Lipinski definition) is 5. The first-order valence-corrected chi connectivity index (χ1v) is 7.41. The van der Waals surface area contributed by atoms with Crippen LogP contribution in [0.25, 0.3) is 0 Å². The van der Waals surface area contributed by atoms with Crippen molar-refractivity contribution in [3.05, 3.63) is 15.6 Å². The molecule has 5 nitrogen and oxygen atoms in total. The molecule has 6 heteroatoms. The molecule has 0 aromatic carbocycles. The quantitative estimate of drug-likeness (QED) is 0.771. The third-order valence-electron chi connectivity index (χ3n) is 3.31. The van der Waals surface area contributed by atoms with Crippen molar-refractivity contribution in [1.82, 2.24) is 15.6 Å². The van der Waals surface area contributed by atoms with Crippen LogP contribution < -0.4 is 10.6 Å². The summed E-state index contributed by atoms with van der Waals surface area (Å²) in [6.45, 7) is 7.59. The molecule has 0 bridgehead atoms. The molecule has 0 aliphatic carbocycles. The van der Waals surface area contributed by atoms with E-state index in [-0.39, 0.29) is 12.5 Å². The van der Waals surface area contributed by atoms with Crippen LogP contribution in [0.1, 0.15) is 46.6 Å². The number of aliphatic hydroxyl groups is 1. The van der Waals surface area contributed by atoms with E-state index in [1.165, 1.54) is 11.3 Å². The van der Waals surface area contributed by atoms with Gasteiger partial charge < -0.3 is 15.7 Å². The molecule has 1 saturated heterocycles. The highest BCUT2D eigenvalue weighted by Crippen LogP contribution is 2.24. The Kier molecular flexibility index (Phi) is 4.23. The molecule has 106 valence electrons. The number of aromatic nitrogens is 1. The van der Waals surface area contributed by atoms with E-state index in [1.807, 2.05) is 6.92 Å². The number of nitrogens with zero attached hydrogens (tertiary/aromatic N) is 1. The van der Waals surface area contributed by atoms with Gasteiger partial charge in [-0.1, -0.05) is 13.8 Å². The fourth-order valence-corrected chi connectivity index (χ4v) is 3.07. The summed E-state index contributed by atoms with van der Waals surface area (Å²) >= 11 is 1.44. The molecule has 0 spiro atoms. The average Bonchev–Trinajstić information content (AvgIpc) is 2.93. The maximum atomic E-state index is 12.1. The smallest absolute Gasteiger partial charge is 0.263 e. The van der Waals surface area contributed by atoms with E-state index in [4.69, 9.17) is 0 Å². The van der Waals surface area contributed by atoms with Gasteiger partial charge in [0, 0.05) is 19.0 Å². The SMILES string of the molecule is Cc1nc(C(C)C)sc1C(=O)NC[C@]1(O)CCNC1. The number of hydrogen-bond donors (Lipinski definition) is 3. The van der Waals surface area contributed by atoms with Crippen molar-refractivity contribution in [3.63, 3.8) is 0 Å². The molecule has 1 aromatic heterocycles. The van der Waals surface area contributed by atoms with Crippen molar-refractivity contribution < 1.29 is 9.90 Å². The lowest BCUT2D eigenvalue weighted by Gasteiger charge is -2.21. The number of nitrogens with one attached hydrogen (secondary N) is 2. The number of rotatable bonds is 4. The highest BCUT2D eigenvalue weighted by molar-refractivity contribution is 7.13. The fraction of sp³-hybridized carbons (Fsp3) is 0.692. The van der Waals surface area contributed by atoms with E-state index in [9.17, 15) is 9.90 Å². The molecule has 1 aliphatic rings. The van der Waals surface area contributed by atoms with E-state index in [0.29, 0.717) is 23.8 Å². The zero-order valence-corrected chi connectivity index (χ0v) is 12.4. The molecule has 2 rings (SSSR count). The number of aryl methyl sites for hydroxylation is 1. The van der Waals surface area contributed by atoms with E-state index in [2.05, 4.69) is 29.5 Å². The van der Waals surface area contributed by atoms with Gasteiger partial charge in [-0.3, -0.25) is 4.79 Å². The van der Waals surface area contributed by atoms with E-state index in [0.717, 1.165) is 17.2 Å². The van der Waals surface area contributed by atoms with Crippen molar-refractivity contribution >= 4 is 17.2 Å². The third kappa shape index (κ3) is 3.32. The summed E-state index contributed by atoms with van der Waals surface area (Å²) in [7, 11) is 0. The Labute approximate surface area is 117 Å². The van der Waals surface area contributed by atoms with Crippen LogP contribution in [0.4, 0.5) is 0 Å². The minimum Gasteiger partial charge on any atom is -0.387 e. The average molecular weight is 283 g/mol. The molecular formula is C13H21N3O2S. The lowest BCUT2D eigenvalue weighted by Crippen LogP contribution is -2.44. The number of carbonyl (C=O) groups is 1. The number of β-amino-alcohol motifs (C(OH)–C–C–N with tert-alkyl or cyclic N) is 1. The Morgan fingerprint density at radius 2 is 2.37 bits per heavy atom. The molecular weight excluding hydrogens is 262 g/mol. The summed E-state index contributed by atoms with van der Waals surface area (Å²) in [5, 5.41) is 17.0. The Morgan fingerprint density at radius 1 is 1.63 bits per heavy atom. The second kappa shape index (κ2) is 5.56. The maximum Gasteiger partial charge on any atom is 0.263 e. The summed E-state index contributed by atoms with van der Waals surface area (Å²) in [5.74, 6) is 0.190. The van der Waals surface area contributed by atoms with E-state index < -0.39 is 5.60 Å². The van der Waals surface area contributed by atoms with Gasteiger partial charge in [-0.05, 0) is 19.9 Å². The first-order chi connectivity index (χ1) is 8.91. The zero-order chi connectivity index (χ0) is 14.0. The van der Waals surface area contributed by atoms with Crippen LogP contribution in [0.3, 0.4) is 0 Å². The number of amides is 1. The van der Waals surface area contributed by atoms with Gasteiger partial charge in [0.05, 0.1) is 16.3 Å². The van der Waals surface area contributed by atoms with Gasteiger partial charge in [-0.15, -0.1) is 11.3 Å². The van der Waals surface area contributed by atoms with Crippen molar-refractivity contribution in [2.45, 2.75) is 38.7 Å². The Hall–Kier alpha value is -0.980. The van der Waals surface area contributed by atoms with Gasteiger partial charge in [0.15, 0.2) is 0 Å². The molecule has 3 N–H and O–H groups in total. The molecule has 0 saturated carbocycles. The van der Waals surface area contributed by atoms with Gasteiger partial charge >= 0.3 is 0 Å². The van der Waals surface area contributed by atoms with Crippen LogP contribution in [-0.4, -0.2) is 41.2 Å². The summed E-state index contributed by atoms with van der Waals surface area (Å²) in [5.41, 5.74) is -0.0440. The summed E-state index contributed by atoms with van der Waals surface area (Å²) in [4.78, 5) is 17.2. The second-order valence-corrected chi connectivity index (χ2v) is 6.49. The standard InChI is InChI=1S/C13H21N3O2S/c1-8(2)12-16-9(3)10(19-12)11(17)15-7-13(18)4-5-14-6-13/h8,14,18H,4-7H2,1-3H3,(H,15,17)/t13-/m0/s1. The molecule has 0 radical (unpaired) electrons. The molecule has 1 atom stereocenters. The van der Waals surface area contributed by atoms with Crippen molar-refractivity contribution in [3.8, 4) is 0 Å². The predicted molar refractivity (Wildman–Crippen MR) is 75.7 cm³/mol. The minimum atomic E-state index is -0.810. The Morgan fingerprint density at radius 3 is 2.89 bits per heavy atom. The summed E-state index contributed by atoms with van der Waals surface area (Å²) < 4.78 is 0. The molecule has 0 unspecified atom stereocenters. The van der Waals surface area contributed by atoms with Crippen molar-refractivity contribution in [2.24, 2.45) is 0 Å². The highest BCUT2D eigenvalue weighted by atomic mass is 32.1. The molecule has 1 aliphatic heterocycles. The summed E-state index contributed by atoms with van der Waals surface area (Å²) in [6.07, 6.45) is 0.673. The van der Waals surface area contributed by atoms with Crippen LogP contribution >= 0.6 is 11.3 Å². The highest BCUT2D eigenvalue weighted by Gasteiger charge is 2.31. The van der Waals surface area contributed by atoms with Crippen molar-refractivity contribution in [2.75, 3.05) is 19.6 Å². The molecule has 1 aromatic rings. The second-order valence-electron chi connectivity index (χ2n) is 5.46. The predicted octanol–water partition coefficient (Wildman–Crippen LogP) is 1.03. The first kappa shape index (κ1) is 14.4. The van der Waals surface area contributed by atoms with Gasteiger partial charge in [0.2, 0.25) is 0 Å². The fourth-order valence-electron chi connectivity index (χ4n) is 2.08. The van der Waals surface area contributed by atoms with Gasteiger partial charge in [-0.25, -0.2) is 4.98 Å². The normalized spacial score (nSPS) is 23.0. The van der Waals surface area contributed by atoms with Crippen LogP contribution in [0.2, 0.25) is 0 Å². The van der Waals surface area contributed by atoms with Crippen LogP contribution in [0, 0.1) is 6.92 Å². The van der Waals surface area contributed by atoms with Gasteiger partial charge in [-0.2, -0.15) is 0 Å². The van der Waals surface area contributed by atoms with Crippen LogP contribution in [0.5, 0.6) is 0 Å². The lowest BCUT2D eigenvalue weighted by molar-refractivity contribution is 0.0563. The topological polar surface area (TPSA) is 74.2 Å². The molecule has 19 heavy (non-hydrogen) atoms. The molecule has 2 heterocycles. The maximum absolute atomic E-state index is 12.1. The monoisotopic (exact) mass is 283 g/mol. The van der Waals surface area contributed by atoms with Crippen LogP contribution in [-0.2, 0) is 0 Å².